The van der Waals surface area contributed by atoms with Crippen LogP contribution in [0.15, 0.2) is 30.5 Å². The molecule has 0 saturated carbocycles. The fourth-order valence-electron chi connectivity index (χ4n) is 4.89. The van der Waals surface area contributed by atoms with Gasteiger partial charge in [-0.25, -0.2) is 9.97 Å². The Morgan fingerprint density at radius 3 is 2.96 bits per heavy atom. The standard InChI is InChI=1S/C22H26N4O/c1-15-12-23-21-20(24-15)17-13-25(2)11-9-19(17)26(21)14-22(27)10-5-7-16-6-3-4-8-18(16)22/h3-4,6,8,12,27H,5,7,9-11,13-14H2,1-2H3. The lowest BCUT2D eigenvalue weighted by molar-refractivity contribution is 0.00162. The maximum Gasteiger partial charge on any atom is 0.159 e. The molecular formula is C22H26N4O. The number of aromatic nitrogens is 3. The number of hydrogen-bond donors (Lipinski definition) is 1. The Bertz CT molecular complexity index is 1020. The topological polar surface area (TPSA) is 54.2 Å². The lowest BCUT2D eigenvalue weighted by Gasteiger charge is -2.36. The monoisotopic (exact) mass is 362 g/mol. The zero-order chi connectivity index (χ0) is 18.6. The fraction of sp³-hybridized carbons (Fsp3) is 0.455. The van der Waals surface area contributed by atoms with Crippen molar-refractivity contribution in [1.29, 1.82) is 0 Å². The van der Waals surface area contributed by atoms with Gasteiger partial charge in [-0.1, -0.05) is 24.3 Å². The summed E-state index contributed by atoms with van der Waals surface area (Å²) in [6, 6.07) is 8.36. The van der Waals surface area contributed by atoms with Crippen molar-refractivity contribution >= 4 is 11.2 Å². The van der Waals surface area contributed by atoms with Gasteiger partial charge in [-0.2, -0.15) is 0 Å². The van der Waals surface area contributed by atoms with Crippen molar-refractivity contribution in [2.75, 3.05) is 13.6 Å². The van der Waals surface area contributed by atoms with Gasteiger partial charge in [0.15, 0.2) is 5.65 Å². The number of nitrogens with zero attached hydrogens (tertiary/aromatic N) is 4. The SMILES string of the molecule is Cc1cnc2c(n1)c1c(n2CC2(O)CCCc3ccccc32)CCN(C)C1. The Hall–Kier alpha value is -2.24. The highest BCUT2D eigenvalue weighted by atomic mass is 16.3. The summed E-state index contributed by atoms with van der Waals surface area (Å²) in [5, 5.41) is 11.7. The third-order valence-corrected chi connectivity index (χ3v) is 6.22. The van der Waals surface area contributed by atoms with Crippen LogP contribution in [0.2, 0.25) is 0 Å². The zero-order valence-corrected chi connectivity index (χ0v) is 16.1. The largest absolute Gasteiger partial charge is 0.383 e. The summed E-state index contributed by atoms with van der Waals surface area (Å²) in [7, 11) is 2.15. The molecule has 0 saturated heterocycles. The van der Waals surface area contributed by atoms with Gasteiger partial charge in [0.1, 0.15) is 11.1 Å². The first-order chi connectivity index (χ1) is 13.0. The Morgan fingerprint density at radius 1 is 1.22 bits per heavy atom. The quantitative estimate of drug-likeness (QED) is 0.762. The summed E-state index contributed by atoms with van der Waals surface area (Å²) < 4.78 is 2.26. The first kappa shape index (κ1) is 16.9. The second kappa shape index (κ2) is 6.14. The number of hydrogen-bond acceptors (Lipinski definition) is 4. The lowest BCUT2D eigenvalue weighted by Crippen LogP contribution is -2.36. The van der Waals surface area contributed by atoms with Crippen molar-refractivity contribution in [3.8, 4) is 0 Å². The van der Waals surface area contributed by atoms with Crippen LogP contribution in [0, 0.1) is 6.92 Å². The Balaban J connectivity index is 1.66. The Kier molecular flexibility index (Phi) is 3.85. The highest BCUT2D eigenvalue weighted by molar-refractivity contribution is 5.78. The van der Waals surface area contributed by atoms with Crippen molar-refractivity contribution in [2.24, 2.45) is 0 Å². The highest BCUT2D eigenvalue weighted by Gasteiger charge is 2.36. The maximum atomic E-state index is 11.7. The van der Waals surface area contributed by atoms with Crippen molar-refractivity contribution in [3.63, 3.8) is 0 Å². The van der Waals surface area contributed by atoms with Crippen molar-refractivity contribution in [3.05, 3.63) is 58.5 Å². The molecule has 27 heavy (non-hydrogen) atoms. The summed E-state index contributed by atoms with van der Waals surface area (Å²) in [6.45, 7) is 4.47. The van der Waals surface area contributed by atoms with Crippen LogP contribution in [0.25, 0.3) is 11.2 Å². The predicted molar refractivity (Wildman–Crippen MR) is 106 cm³/mol. The van der Waals surface area contributed by atoms with Gasteiger partial charge in [-0.15, -0.1) is 0 Å². The van der Waals surface area contributed by atoms with Crippen LogP contribution in [0.1, 0.15) is 40.9 Å². The van der Waals surface area contributed by atoms with Gasteiger partial charge >= 0.3 is 0 Å². The second-order valence-electron chi connectivity index (χ2n) is 8.23. The minimum Gasteiger partial charge on any atom is -0.383 e. The molecule has 0 amide bonds. The minimum absolute atomic E-state index is 0.553. The van der Waals surface area contributed by atoms with Crippen LogP contribution in [-0.2, 0) is 31.5 Å². The third-order valence-electron chi connectivity index (χ3n) is 6.22. The van der Waals surface area contributed by atoms with E-state index in [9.17, 15) is 5.11 Å². The van der Waals surface area contributed by atoms with E-state index in [0.717, 1.165) is 61.2 Å². The molecule has 1 N–H and O–H groups in total. The van der Waals surface area contributed by atoms with Crippen LogP contribution in [-0.4, -0.2) is 38.1 Å². The number of rotatable bonds is 2. The summed E-state index contributed by atoms with van der Waals surface area (Å²) in [6.07, 6.45) is 5.67. The first-order valence-electron chi connectivity index (χ1n) is 9.88. The van der Waals surface area contributed by atoms with Gasteiger partial charge in [0.25, 0.3) is 0 Å². The van der Waals surface area contributed by atoms with E-state index in [1.54, 1.807) is 0 Å². The molecule has 5 heteroatoms. The van der Waals surface area contributed by atoms with Gasteiger partial charge < -0.3 is 14.6 Å². The van der Waals surface area contributed by atoms with E-state index in [4.69, 9.17) is 9.97 Å². The first-order valence-corrected chi connectivity index (χ1v) is 9.88. The lowest BCUT2D eigenvalue weighted by atomic mass is 9.79. The second-order valence-corrected chi connectivity index (χ2v) is 8.23. The summed E-state index contributed by atoms with van der Waals surface area (Å²) in [5.74, 6) is 0. The van der Waals surface area contributed by atoms with Crippen LogP contribution < -0.4 is 0 Å². The van der Waals surface area contributed by atoms with Crippen molar-refractivity contribution < 1.29 is 5.11 Å². The summed E-state index contributed by atoms with van der Waals surface area (Å²) in [4.78, 5) is 11.9. The zero-order valence-electron chi connectivity index (χ0n) is 16.1. The van der Waals surface area contributed by atoms with Crippen LogP contribution >= 0.6 is 0 Å². The van der Waals surface area contributed by atoms with E-state index in [1.807, 2.05) is 19.2 Å². The molecule has 0 fully saturated rings. The molecule has 1 aliphatic heterocycles. The number of likely N-dealkylation sites (N-methyl/N-ethyl adjacent to an activating group) is 1. The molecule has 0 bridgehead atoms. The van der Waals surface area contributed by atoms with Crippen molar-refractivity contribution in [2.45, 2.75) is 51.3 Å². The predicted octanol–water partition coefficient (Wildman–Crippen LogP) is 2.95. The average molecular weight is 362 g/mol. The highest BCUT2D eigenvalue weighted by Crippen LogP contribution is 2.39. The van der Waals surface area contributed by atoms with E-state index >= 15 is 0 Å². The van der Waals surface area contributed by atoms with E-state index in [0.29, 0.717) is 6.54 Å². The third kappa shape index (κ3) is 2.68. The maximum absolute atomic E-state index is 11.7. The minimum atomic E-state index is -0.843. The number of aliphatic hydroxyl groups is 1. The van der Waals surface area contributed by atoms with Crippen LogP contribution in [0.4, 0.5) is 0 Å². The van der Waals surface area contributed by atoms with Crippen LogP contribution in [0.3, 0.4) is 0 Å². The van der Waals surface area contributed by atoms with Crippen molar-refractivity contribution in [1.82, 2.24) is 19.4 Å². The smallest absolute Gasteiger partial charge is 0.159 e. The fourth-order valence-corrected chi connectivity index (χ4v) is 4.89. The van der Waals surface area contributed by atoms with E-state index in [1.165, 1.54) is 16.8 Å². The molecular weight excluding hydrogens is 336 g/mol. The Labute approximate surface area is 159 Å². The van der Waals surface area contributed by atoms with Gasteiger partial charge in [0.2, 0.25) is 0 Å². The molecule has 2 aromatic heterocycles. The average Bonchev–Trinajstić information content (AvgIpc) is 2.94. The van der Waals surface area contributed by atoms with Crippen LogP contribution in [0.5, 0.6) is 0 Å². The normalized spacial score (nSPS) is 22.6. The van der Waals surface area contributed by atoms with Gasteiger partial charge in [-0.3, -0.25) is 0 Å². The molecule has 3 aromatic rings. The summed E-state index contributed by atoms with van der Waals surface area (Å²) >= 11 is 0. The number of benzene rings is 1. The molecule has 5 nitrogen and oxygen atoms in total. The number of fused-ring (bicyclic) bond motifs is 4. The van der Waals surface area contributed by atoms with Gasteiger partial charge in [0, 0.05) is 30.8 Å². The molecule has 140 valence electrons. The molecule has 1 atom stereocenters. The molecule has 0 spiro atoms. The molecule has 3 heterocycles. The number of aryl methyl sites for hydroxylation is 2. The molecule has 0 radical (unpaired) electrons. The molecule has 1 aromatic carbocycles. The molecule has 1 unspecified atom stereocenters. The van der Waals surface area contributed by atoms with E-state index in [2.05, 4.69) is 34.7 Å². The van der Waals surface area contributed by atoms with E-state index in [-0.39, 0.29) is 0 Å². The van der Waals surface area contributed by atoms with E-state index < -0.39 is 5.60 Å². The molecule has 2 aliphatic rings. The molecule has 1 aliphatic carbocycles. The summed E-state index contributed by atoms with van der Waals surface area (Å²) in [5.41, 5.74) is 6.95. The van der Waals surface area contributed by atoms with Gasteiger partial charge in [-0.05, 0) is 44.4 Å². The molecule has 5 rings (SSSR count). The van der Waals surface area contributed by atoms with Gasteiger partial charge in [0.05, 0.1) is 18.4 Å². The Morgan fingerprint density at radius 2 is 2.07 bits per heavy atom.